The molecule has 1 saturated heterocycles. The van der Waals surface area contributed by atoms with Gasteiger partial charge in [-0.05, 0) is 34.2 Å². The molecule has 0 saturated carbocycles. The molecule has 15 heteroatoms. The SMILES string of the molecule is O=C(Cc1cccs1)NC1C(=O)N2C(C(=O)OC(c3ccccc3)c3ccccc3)=C(C=COS(=O)(=O)C(F)(F)F)CS[C@H]12. The summed E-state index contributed by atoms with van der Waals surface area (Å²) in [6.07, 6.45) is 0.301. The number of allylic oxidation sites excluding steroid dienone is 1. The number of nitrogens with zero attached hydrogens (tertiary/aromatic N) is 1. The van der Waals surface area contributed by atoms with Gasteiger partial charge in [0.25, 0.3) is 5.91 Å². The molecule has 1 aromatic heterocycles. The van der Waals surface area contributed by atoms with Crippen molar-refractivity contribution < 1.29 is 44.9 Å². The first-order valence-electron chi connectivity index (χ1n) is 12.9. The summed E-state index contributed by atoms with van der Waals surface area (Å²) in [4.78, 5) is 41.7. The quantitative estimate of drug-likeness (QED) is 0.109. The second kappa shape index (κ2) is 12.9. The summed E-state index contributed by atoms with van der Waals surface area (Å²) in [5.41, 5.74) is -4.76. The molecular weight excluding hydrogens is 642 g/mol. The lowest BCUT2D eigenvalue weighted by molar-refractivity contribution is -0.154. The number of alkyl halides is 3. The Kier molecular flexibility index (Phi) is 9.18. The third-order valence-electron chi connectivity index (χ3n) is 6.59. The number of nitrogens with one attached hydrogen (secondary N) is 1. The first kappa shape index (κ1) is 31.3. The van der Waals surface area contributed by atoms with E-state index >= 15 is 0 Å². The summed E-state index contributed by atoms with van der Waals surface area (Å²) in [5, 5.41) is 3.78. The predicted octanol–water partition coefficient (Wildman–Crippen LogP) is 4.66. The van der Waals surface area contributed by atoms with Gasteiger partial charge < -0.3 is 14.2 Å². The second-order valence-electron chi connectivity index (χ2n) is 9.49. The molecule has 3 heterocycles. The third kappa shape index (κ3) is 6.69. The molecule has 44 heavy (non-hydrogen) atoms. The highest BCUT2D eigenvalue weighted by molar-refractivity contribution is 8.00. The van der Waals surface area contributed by atoms with Crippen LogP contribution in [0.1, 0.15) is 22.1 Å². The van der Waals surface area contributed by atoms with Crippen molar-refractivity contribution in [3.05, 3.63) is 118 Å². The molecule has 1 fully saturated rings. The minimum absolute atomic E-state index is 0.00906. The maximum Gasteiger partial charge on any atom is 0.534 e. The van der Waals surface area contributed by atoms with Gasteiger partial charge in [-0.25, -0.2) is 4.79 Å². The number of hydrogen-bond acceptors (Lipinski definition) is 9. The molecule has 230 valence electrons. The van der Waals surface area contributed by atoms with E-state index in [1.807, 2.05) is 5.38 Å². The van der Waals surface area contributed by atoms with Crippen LogP contribution in [0.3, 0.4) is 0 Å². The van der Waals surface area contributed by atoms with Crippen LogP contribution in [0.15, 0.2) is 102 Å². The van der Waals surface area contributed by atoms with Gasteiger partial charge in [-0.3, -0.25) is 14.5 Å². The molecule has 2 aliphatic rings. The van der Waals surface area contributed by atoms with Gasteiger partial charge in [0.1, 0.15) is 23.4 Å². The lowest BCUT2D eigenvalue weighted by Crippen LogP contribution is -2.70. The number of carbonyl (C=O) groups excluding carboxylic acids is 3. The number of halogens is 3. The average Bonchev–Trinajstić information content (AvgIpc) is 3.51. The number of thioether (sulfide) groups is 1. The van der Waals surface area contributed by atoms with Crippen LogP contribution in [0.2, 0.25) is 0 Å². The predicted molar refractivity (Wildman–Crippen MR) is 156 cm³/mol. The van der Waals surface area contributed by atoms with E-state index in [0.29, 0.717) is 17.4 Å². The van der Waals surface area contributed by atoms with E-state index in [9.17, 15) is 36.0 Å². The minimum Gasteiger partial charge on any atom is -0.448 e. The van der Waals surface area contributed by atoms with E-state index in [-0.39, 0.29) is 23.4 Å². The second-order valence-corrected chi connectivity index (χ2v) is 13.2. The summed E-state index contributed by atoms with van der Waals surface area (Å²) in [6, 6.07) is 20.1. The van der Waals surface area contributed by atoms with E-state index in [0.717, 1.165) is 27.6 Å². The lowest BCUT2D eigenvalue weighted by atomic mass is 10.0. The minimum atomic E-state index is -5.95. The van der Waals surface area contributed by atoms with Crippen LogP contribution in [0.25, 0.3) is 0 Å². The van der Waals surface area contributed by atoms with Crippen LogP contribution >= 0.6 is 23.1 Å². The Morgan fingerprint density at radius 2 is 1.66 bits per heavy atom. The summed E-state index contributed by atoms with van der Waals surface area (Å²) in [5.74, 6) is -2.06. The fourth-order valence-corrected chi connectivity index (χ4v) is 6.87. The van der Waals surface area contributed by atoms with Crippen molar-refractivity contribution >= 4 is 51.0 Å². The number of thiophene rings is 1. The molecule has 1 N–H and O–H groups in total. The van der Waals surface area contributed by atoms with Gasteiger partial charge in [-0.15, -0.1) is 23.1 Å². The Hall–Kier alpha value is -4.08. The van der Waals surface area contributed by atoms with E-state index < -0.39 is 50.9 Å². The fraction of sp³-hybridized carbons (Fsp3) is 0.207. The largest absolute Gasteiger partial charge is 0.534 e. The number of ether oxygens (including phenoxy) is 1. The smallest absolute Gasteiger partial charge is 0.448 e. The number of benzene rings is 2. The summed E-state index contributed by atoms with van der Waals surface area (Å²) in [7, 11) is -5.95. The maximum atomic E-state index is 13.8. The molecule has 5 rings (SSSR count). The molecule has 0 aliphatic carbocycles. The molecule has 2 aromatic carbocycles. The van der Waals surface area contributed by atoms with Gasteiger partial charge in [0.2, 0.25) is 5.91 Å². The van der Waals surface area contributed by atoms with E-state index in [4.69, 9.17) is 4.74 Å². The number of fused-ring (bicyclic) bond motifs is 1. The van der Waals surface area contributed by atoms with Crippen LogP contribution < -0.4 is 5.32 Å². The monoisotopic (exact) mass is 664 g/mol. The van der Waals surface area contributed by atoms with Crippen molar-refractivity contribution in [1.29, 1.82) is 0 Å². The highest BCUT2D eigenvalue weighted by Gasteiger charge is 2.54. The zero-order valence-corrected chi connectivity index (χ0v) is 24.9. The Bertz CT molecular complexity index is 1650. The van der Waals surface area contributed by atoms with E-state index in [1.165, 1.54) is 11.3 Å². The summed E-state index contributed by atoms with van der Waals surface area (Å²) >= 11 is 2.51. The Balaban J connectivity index is 1.44. The van der Waals surface area contributed by atoms with Gasteiger partial charge in [-0.2, -0.15) is 21.6 Å². The molecule has 2 amide bonds. The van der Waals surface area contributed by atoms with E-state index in [2.05, 4.69) is 9.50 Å². The Morgan fingerprint density at radius 1 is 1.02 bits per heavy atom. The molecule has 2 aliphatic heterocycles. The zero-order valence-electron chi connectivity index (χ0n) is 22.5. The number of esters is 1. The molecule has 3 aromatic rings. The Morgan fingerprint density at radius 3 is 2.23 bits per heavy atom. The first-order chi connectivity index (χ1) is 21.0. The number of amides is 2. The molecule has 0 spiro atoms. The van der Waals surface area contributed by atoms with E-state index in [1.54, 1.807) is 72.8 Å². The third-order valence-corrected chi connectivity index (χ3v) is 9.70. The van der Waals surface area contributed by atoms with Crippen molar-refractivity contribution in [2.75, 3.05) is 5.75 Å². The average molecular weight is 665 g/mol. The van der Waals surface area contributed by atoms with Crippen LogP contribution in [-0.2, 0) is 39.8 Å². The van der Waals surface area contributed by atoms with Crippen molar-refractivity contribution in [3.8, 4) is 0 Å². The zero-order chi connectivity index (χ0) is 31.5. The van der Waals surface area contributed by atoms with Crippen molar-refractivity contribution in [1.82, 2.24) is 10.2 Å². The molecule has 9 nitrogen and oxygen atoms in total. The fourth-order valence-electron chi connectivity index (χ4n) is 4.54. The van der Waals surface area contributed by atoms with Crippen molar-refractivity contribution in [2.45, 2.75) is 29.4 Å². The van der Waals surface area contributed by atoms with Gasteiger partial charge in [0.15, 0.2) is 6.10 Å². The highest BCUT2D eigenvalue weighted by atomic mass is 32.2. The number of β-lactam (4-membered cyclic amide) rings is 1. The lowest BCUT2D eigenvalue weighted by Gasteiger charge is -2.49. The maximum absolute atomic E-state index is 13.8. The summed E-state index contributed by atoms with van der Waals surface area (Å²) in [6.45, 7) is 0. The van der Waals surface area contributed by atoms with Gasteiger partial charge in [0, 0.05) is 10.6 Å². The van der Waals surface area contributed by atoms with Crippen molar-refractivity contribution in [3.63, 3.8) is 0 Å². The topological polar surface area (TPSA) is 119 Å². The first-order valence-corrected chi connectivity index (χ1v) is 16.3. The number of hydrogen-bond donors (Lipinski definition) is 1. The van der Waals surface area contributed by atoms with Gasteiger partial charge >= 0.3 is 21.6 Å². The standard InChI is InChI=1S/C29H23F3N2O7S3/c30-29(31,32)44(38,39)40-14-13-20-17-43-27-23(33-22(35)16-21-12-7-15-42-21)26(36)34(27)24(20)28(37)41-25(18-8-3-1-4-9-18)19-10-5-2-6-11-19/h1-15,23,25,27H,16-17H2,(H,33,35)/t23?,27-/m1/s1. The van der Waals surface area contributed by atoms with Gasteiger partial charge in [0.05, 0.1) is 6.42 Å². The van der Waals surface area contributed by atoms with Crippen LogP contribution in [0.5, 0.6) is 0 Å². The van der Waals surface area contributed by atoms with Crippen molar-refractivity contribution in [2.24, 2.45) is 0 Å². The number of carbonyl (C=O) groups is 3. The molecule has 2 atom stereocenters. The normalized spacial score (nSPS) is 18.6. The van der Waals surface area contributed by atoms with Crippen LogP contribution in [0, 0.1) is 0 Å². The van der Waals surface area contributed by atoms with Crippen LogP contribution in [0.4, 0.5) is 13.2 Å². The number of rotatable bonds is 10. The molecule has 0 bridgehead atoms. The van der Waals surface area contributed by atoms with Crippen LogP contribution in [-0.4, -0.2) is 53.8 Å². The molecular formula is C29H23F3N2O7S3. The summed E-state index contributed by atoms with van der Waals surface area (Å²) < 4.78 is 71.1. The molecule has 0 radical (unpaired) electrons. The molecule has 1 unspecified atom stereocenters. The van der Waals surface area contributed by atoms with Gasteiger partial charge in [-0.1, -0.05) is 66.7 Å². The highest BCUT2D eigenvalue weighted by Crippen LogP contribution is 2.42. The Labute approximate surface area is 258 Å².